The van der Waals surface area contributed by atoms with Crippen LogP contribution in [0.15, 0.2) is 18.5 Å². The molecule has 0 saturated heterocycles. The van der Waals surface area contributed by atoms with Crippen LogP contribution in [0.4, 0.5) is 0 Å². The van der Waals surface area contributed by atoms with E-state index in [9.17, 15) is 4.79 Å². The summed E-state index contributed by atoms with van der Waals surface area (Å²) in [4.78, 5) is 18.1. The SMILES string of the molecule is COCc1ncc(/C=C/C(=O)O)cn1. The van der Waals surface area contributed by atoms with Gasteiger partial charge < -0.3 is 9.84 Å². The first-order valence-electron chi connectivity index (χ1n) is 3.93. The summed E-state index contributed by atoms with van der Waals surface area (Å²) >= 11 is 0. The van der Waals surface area contributed by atoms with Crippen molar-refractivity contribution in [3.63, 3.8) is 0 Å². The topological polar surface area (TPSA) is 72.3 Å². The van der Waals surface area contributed by atoms with Crippen LogP contribution in [0, 0.1) is 0 Å². The second-order valence-electron chi connectivity index (χ2n) is 2.54. The zero-order chi connectivity index (χ0) is 10.4. The molecule has 0 bridgehead atoms. The van der Waals surface area contributed by atoms with Gasteiger partial charge in [0.05, 0.1) is 0 Å². The number of methoxy groups -OCH3 is 1. The summed E-state index contributed by atoms with van der Waals surface area (Å²) in [6, 6.07) is 0. The van der Waals surface area contributed by atoms with Crippen molar-refractivity contribution in [3.8, 4) is 0 Å². The Hall–Kier alpha value is -1.75. The van der Waals surface area contributed by atoms with Gasteiger partial charge in [0.15, 0.2) is 5.82 Å². The maximum atomic E-state index is 10.2. The van der Waals surface area contributed by atoms with Crippen LogP contribution in [0.2, 0.25) is 0 Å². The number of carboxylic acids is 1. The molecule has 0 radical (unpaired) electrons. The van der Waals surface area contributed by atoms with Crippen LogP contribution in [-0.4, -0.2) is 28.2 Å². The first kappa shape index (κ1) is 10.3. The molecule has 0 aliphatic rings. The van der Waals surface area contributed by atoms with Crippen molar-refractivity contribution in [1.29, 1.82) is 0 Å². The van der Waals surface area contributed by atoms with Gasteiger partial charge in [-0.2, -0.15) is 0 Å². The molecule has 74 valence electrons. The number of carboxylic acid groups (broad SMARTS) is 1. The molecule has 0 aliphatic heterocycles. The van der Waals surface area contributed by atoms with Crippen LogP contribution in [-0.2, 0) is 16.1 Å². The van der Waals surface area contributed by atoms with Gasteiger partial charge in [-0.1, -0.05) is 0 Å². The molecule has 1 N–H and O–H groups in total. The second-order valence-corrected chi connectivity index (χ2v) is 2.54. The first-order valence-corrected chi connectivity index (χ1v) is 3.93. The molecule has 0 unspecified atom stereocenters. The van der Waals surface area contributed by atoms with Crippen molar-refractivity contribution in [2.24, 2.45) is 0 Å². The summed E-state index contributed by atoms with van der Waals surface area (Å²) in [6.07, 6.45) is 5.55. The Bertz CT molecular complexity index is 332. The highest BCUT2D eigenvalue weighted by atomic mass is 16.5. The molecular weight excluding hydrogens is 184 g/mol. The molecule has 0 fully saturated rings. The van der Waals surface area contributed by atoms with Crippen LogP contribution in [0.1, 0.15) is 11.4 Å². The molecular formula is C9H10N2O3. The third-order valence-corrected chi connectivity index (χ3v) is 1.42. The highest BCUT2D eigenvalue weighted by Gasteiger charge is 1.94. The smallest absolute Gasteiger partial charge is 0.328 e. The van der Waals surface area contributed by atoms with E-state index < -0.39 is 5.97 Å². The number of carbonyl (C=O) groups is 1. The van der Waals surface area contributed by atoms with E-state index in [4.69, 9.17) is 9.84 Å². The van der Waals surface area contributed by atoms with Gasteiger partial charge in [0.25, 0.3) is 0 Å². The molecule has 5 heteroatoms. The van der Waals surface area contributed by atoms with E-state index in [1.807, 2.05) is 0 Å². The summed E-state index contributed by atoms with van der Waals surface area (Å²) in [5.41, 5.74) is 0.646. The maximum Gasteiger partial charge on any atom is 0.328 e. The molecule has 0 spiro atoms. The van der Waals surface area contributed by atoms with Crippen molar-refractivity contribution >= 4 is 12.0 Å². The summed E-state index contributed by atoms with van der Waals surface area (Å²) in [5.74, 6) is -0.425. The van der Waals surface area contributed by atoms with Crippen LogP contribution >= 0.6 is 0 Å². The Morgan fingerprint density at radius 3 is 2.71 bits per heavy atom. The standard InChI is InChI=1S/C9H10N2O3/c1-14-6-8-10-4-7(5-11-8)2-3-9(12)13/h2-5H,6H2,1H3,(H,12,13)/b3-2+. The van der Waals surface area contributed by atoms with Crippen molar-refractivity contribution in [3.05, 3.63) is 29.9 Å². The largest absolute Gasteiger partial charge is 0.478 e. The zero-order valence-electron chi connectivity index (χ0n) is 7.67. The first-order chi connectivity index (χ1) is 6.72. The monoisotopic (exact) mass is 194 g/mol. The van der Waals surface area contributed by atoms with E-state index in [0.717, 1.165) is 6.08 Å². The number of hydrogen-bond acceptors (Lipinski definition) is 4. The van der Waals surface area contributed by atoms with Gasteiger partial charge in [0.2, 0.25) is 0 Å². The summed E-state index contributed by atoms with van der Waals surface area (Å²) in [6.45, 7) is 0.350. The average molecular weight is 194 g/mol. The summed E-state index contributed by atoms with van der Waals surface area (Å²) in [5, 5.41) is 8.37. The molecule has 0 saturated carbocycles. The van der Waals surface area contributed by atoms with Gasteiger partial charge in [0, 0.05) is 31.1 Å². The Morgan fingerprint density at radius 1 is 1.57 bits per heavy atom. The average Bonchev–Trinajstić information content (AvgIpc) is 2.17. The van der Waals surface area contributed by atoms with Crippen molar-refractivity contribution in [2.45, 2.75) is 6.61 Å². The maximum absolute atomic E-state index is 10.2. The predicted molar refractivity (Wildman–Crippen MR) is 49.4 cm³/mol. The second kappa shape index (κ2) is 5.08. The third-order valence-electron chi connectivity index (χ3n) is 1.42. The number of ether oxygens (including phenoxy) is 1. The third kappa shape index (κ3) is 3.32. The van der Waals surface area contributed by atoms with E-state index in [2.05, 4.69) is 9.97 Å². The molecule has 0 atom stereocenters. The molecule has 0 aliphatic carbocycles. The Balaban J connectivity index is 2.68. The van der Waals surface area contributed by atoms with Crippen LogP contribution < -0.4 is 0 Å². The van der Waals surface area contributed by atoms with Gasteiger partial charge in [-0.15, -0.1) is 0 Å². The van der Waals surface area contributed by atoms with Crippen LogP contribution in [0.25, 0.3) is 6.08 Å². The number of aromatic nitrogens is 2. The number of hydrogen-bond donors (Lipinski definition) is 1. The van der Waals surface area contributed by atoms with Gasteiger partial charge in [-0.3, -0.25) is 0 Å². The lowest BCUT2D eigenvalue weighted by Gasteiger charge is -1.97. The molecule has 0 aromatic carbocycles. The predicted octanol–water partition coefficient (Wildman–Crippen LogP) is 0.721. The lowest BCUT2D eigenvalue weighted by atomic mass is 10.3. The Labute approximate surface area is 81.1 Å². The summed E-state index contributed by atoms with van der Waals surface area (Å²) < 4.78 is 4.83. The highest BCUT2D eigenvalue weighted by Crippen LogP contribution is 1.99. The Morgan fingerprint density at radius 2 is 2.21 bits per heavy atom. The van der Waals surface area contributed by atoms with Gasteiger partial charge in [-0.25, -0.2) is 14.8 Å². The lowest BCUT2D eigenvalue weighted by Crippen LogP contribution is -1.96. The Kier molecular flexibility index (Phi) is 3.75. The van der Waals surface area contributed by atoms with Gasteiger partial charge in [-0.05, 0) is 6.08 Å². The van der Waals surface area contributed by atoms with E-state index in [0.29, 0.717) is 18.0 Å². The molecule has 1 rings (SSSR count). The quantitative estimate of drug-likeness (QED) is 0.715. The van der Waals surface area contributed by atoms with E-state index >= 15 is 0 Å². The van der Waals surface area contributed by atoms with Crippen molar-refractivity contribution in [2.75, 3.05) is 7.11 Å². The molecule has 1 aromatic heterocycles. The van der Waals surface area contributed by atoms with Crippen LogP contribution in [0.3, 0.4) is 0 Å². The van der Waals surface area contributed by atoms with E-state index in [1.165, 1.54) is 6.08 Å². The fraction of sp³-hybridized carbons (Fsp3) is 0.222. The number of aliphatic carboxylic acids is 1. The normalized spacial score (nSPS) is 10.6. The van der Waals surface area contributed by atoms with Crippen LogP contribution in [0.5, 0.6) is 0 Å². The molecule has 1 heterocycles. The molecule has 1 aromatic rings. The summed E-state index contributed by atoms with van der Waals surface area (Å²) in [7, 11) is 1.56. The minimum absolute atomic E-state index is 0.350. The van der Waals surface area contributed by atoms with Gasteiger partial charge in [0.1, 0.15) is 6.61 Å². The lowest BCUT2D eigenvalue weighted by molar-refractivity contribution is -0.131. The number of nitrogens with zero attached hydrogens (tertiary/aromatic N) is 2. The molecule has 5 nitrogen and oxygen atoms in total. The van der Waals surface area contributed by atoms with Crippen molar-refractivity contribution in [1.82, 2.24) is 9.97 Å². The van der Waals surface area contributed by atoms with Gasteiger partial charge >= 0.3 is 5.97 Å². The van der Waals surface area contributed by atoms with Crippen molar-refractivity contribution < 1.29 is 14.6 Å². The zero-order valence-corrected chi connectivity index (χ0v) is 7.67. The fourth-order valence-corrected chi connectivity index (χ4v) is 0.822. The highest BCUT2D eigenvalue weighted by molar-refractivity contribution is 5.85. The fourth-order valence-electron chi connectivity index (χ4n) is 0.822. The van der Waals surface area contributed by atoms with E-state index in [1.54, 1.807) is 19.5 Å². The molecule has 0 amide bonds. The van der Waals surface area contributed by atoms with E-state index in [-0.39, 0.29) is 0 Å². The minimum atomic E-state index is -0.994. The minimum Gasteiger partial charge on any atom is -0.478 e. The molecule has 14 heavy (non-hydrogen) atoms. The number of rotatable bonds is 4.